The number of amides is 6. The molecule has 33 heteroatoms. The number of carbonyl (C=O) groups is 6. The molecule has 0 bridgehead atoms. The van der Waals surface area contributed by atoms with Crippen molar-refractivity contribution >= 4 is 70.4 Å². The fourth-order valence-corrected chi connectivity index (χ4v) is 18.8. The highest BCUT2D eigenvalue weighted by molar-refractivity contribution is 6.07. The number of aryl methyl sites for hydroxylation is 13. The summed E-state index contributed by atoms with van der Waals surface area (Å²) in [5.74, 6) is 6.68. The van der Waals surface area contributed by atoms with E-state index in [0.717, 1.165) is 270 Å². The van der Waals surface area contributed by atoms with E-state index in [1.807, 2.05) is 119 Å². The molecule has 4 aromatic carbocycles. The lowest BCUT2D eigenvalue weighted by atomic mass is 10.0. The van der Waals surface area contributed by atoms with Crippen LogP contribution in [-0.2, 0) is 86.6 Å². The van der Waals surface area contributed by atoms with Gasteiger partial charge in [-0.15, -0.1) is 0 Å². The van der Waals surface area contributed by atoms with E-state index in [4.69, 9.17) is 26.5 Å². The van der Waals surface area contributed by atoms with Crippen molar-refractivity contribution in [2.75, 3.05) is 31.9 Å². The van der Waals surface area contributed by atoms with E-state index in [2.05, 4.69) is 81.7 Å². The quantitative estimate of drug-likeness (QED) is 0.0435. The smallest absolute Gasteiger partial charge is 0.262 e. The van der Waals surface area contributed by atoms with Crippen molar-refractivity contribution < 1.29 is 77.2 Å². The Bertz CT molecular complexity index is 7010. The number of fused-ring (bicyclic) bond motifs is 6. The highest BCUT2D eigenvalue weighted by atomic mass is 19.1. The number of hydrogen-bond donors (Lipinski definition) is 6. The first-order valence-corrected chi connectivity index (χ1v) is 47.9. The molecule has 0 fully saturated rings. The Kier molecular flexibility index (Phi) is 30.2. The molecular weight excluding hydrogens is 1840 g/mol. The summed E-state index contributed by atoms with van der Waals surface area (Å²) in [6.07, 6.45) is 34.5. The highest BCUT2D eigenvalue weighted by Gasteiger charge is 2.32. The molecule has 6 amide bonds. The van der Waals surface area contributed by atoms with Crippen LogP contribution in [-0.4, -0.2) is 85.3 Å². The molecule has 16 aromatic rings. The van der Waals surface area contributed by atoms with Gasteiger partial charge in [-0.05, 0) is 198 Å². The number of nitrogens with one attached hydrogen (secondary N) is 6. The van der Waals surface area contributed by atoms with E-state index in [-0.39, 0.29) is 52.6 Å². The summed E-state index contributed by atoms with van der Waals surface area (Å²) in [5, 5.41) is 15.7. The Morgan fingerprint density at radius 1 is 0.257 bits per heavy atom. The third-order valence-corrected chi connectivity index (χ3v) is 25.7. The highest BCUT2D eigenvalue weighted by Crippen LogP contribution is 2.44. The Hall–Kier alpha value is -16.4. The minimum atomic E-state index is -0.934. The second-order valence-corrected chi connectivity index (χ2v) is 36.3. The lowest BCUT2D eigenvalue weighted by Crippen LogP contribution is -2.18. The number of aromatic nitrogens is 10. The van der Waals surface area contributed by atoms with Crippen LogP contribution in [0.25, 0.3) is 67.3 Å². The molecule has 0 aliphatic heterocycles. The lowest BCUT2D eigenvalue weighted by molar-refractivity contribution is -0.119. The number of rotatable bonds is 18. The van der Waals surface area contributed by atoms with Gasteiger partial charge >= 0.3 is 0 Å². The molecule has 0 saturated carbocycles. The van der Waals surface area contributed by atoms with E-state index in [0.29, 0.717) is 34.4 Å². The maximum Gasteiger partial charge on any atom is 0.262 e. The van der Waals surface area contributed by atoms with Gasteiger partial charge in [0, 0.05) is 146 Å². The number of halogens is 5. The molecule has 0 saturated heterocycles. The number of pyridine rings is 2. The first-order valence-electron chi connectivity index (χ1n) is 47.9. The van der Waals surface area contributed by atoms with Crippen LogP contribution in [0.1, 0.15) is 216 Å². The zero-order chi connectivity index (χ0) is 101. The summed E-state index contributed by atoms with van der Waals surface area (Å²) >= 11 is 0. The molecular formula is C111H105F5N16O12. The molecule has 6 N–H and O–H groups in total. The summed E-state index contributed by atoms with van der Waals surface area (Å²) in [7, 11) is 0. The molecule has 6 aliphatic carbocycles. The number of furan rings is 6. The number of hydrogen-bond acceptors (Lipinski definition) is 22. The lowest BCUT2D eigenvalue weighted by Gasteiger charge is -2.08. The minimum Gasteiger partial charge on any atom is -0.465 e. The Balaban J connectivity index is 0.000000119. The van der Waals surface area contributed by atoms with Crippen LogP contribution >= 0.6 is 0 Å². The summed E-state index contributed by atoms with van der Waals surface area (Å²) in [6, 6.07) is 27.1. The van der Waals surface area contributed by atoms with Crippen molar-refractivity contribution in [3.63, 3.8) is 0 Å². The zero-order valence-electron chi connectivity index (χ0n) is 81.3. The maximum atomic E-state index is 13.7. The number of carbonyl (C=O) groups excluding carboxylic acids is 6. The standard InChI is InChI=1S/C20H16F2N2O2.C20H19N3O2.C19H15F2N3O2.C19H16FN3O2.C17H20N2O2.C16H19N3O2/c1-11-18(13-4-2-7-16(13)26-11)12-8-9-17(23-10-12)24-20(25)19-14(21)5-3-6-15(19)22;1-12-6-3-4-7-14(12)20(24)23-18-11-21-16(10-22-18)19-13(2)25-17-9-5-8-15(17)19;1-10-17(11-4-2-7-15(11)26-10)14-8-23-16(9-22-14)24-19(25)18-12(20)5-3-6-13(18)21;1-11-18(13-6-4-8-16(13)25-11)15-9-22-17(10-21-15)23-19(24)12-5-2-3-7-14(12)20;1-10(2)17(20)19-15-8-7-12(9-18-15)16-11(3)21-14-6-4-5-13(14)16;1-9(2)16(20)19-14-8-17-12(7-18-14)15-10(3)21-13-6-4-5-11(13)15/h3,5-6,8-10H,2,4,7H2,1H3,(H,23,24,25);3-4,6-7,10-11H,5,8-9H2,1-2H3,(H,22,23,24);3,5-6,8-9H,2,4,7H2,1H3,(H,23,24,25);2-3,5,7,9-10H,4,6,8H2,1H3,(H,22,23,24);7-10H,4-6H2,1-3H3,(H,18,19,20);7-9H,4-6H2,1-3H3,(H,18,19,20). The van der Waals surface area contributed by atoms with Gasteiger partial charge in [0.1, 0.15) is 121 Å². The van der Waals surface area contributed by atoms with Gasteiger partial charge < -0.3 is 58.4 Å². The monoisotopic (exact) mass is 1950 g/mol. The van der Waals surface area contributed by atoms with Crippen LogP contribution in [0.4, 0.5) is 56.9 Å². The van der Waals surface area contributed by atoms with Gasteiger partial charge in [-0.3, -0.25) is 48.7 Å². The van der Waals surface area contributed by atoms with E-state index >= 15 is 0 Å². The van der Waals surface area contributed by atoms with Crippen LogP contribution in [0.15, 0.2) is 198 Å². The van der Waals surface area contributed by atoms with E-state index < -0.39 is 57.9 Å². The Morgan fingerprint density at radius 3 is 0.812 bits per heavy atom. The van der Waals surface area contributed by atoms with Crippen molar-refractivity contribution in [1.29, 1.82) is 0 Å². The normalized spacial score (nSPS) is 13.1. The van der Waals surface area contributed by atoms with E-state index in [1.165, 1.54) is 82.3 Å². The summed E-state index contributed by atoms with van der Waals surface area (Å²) in [6.45, 7) is 21.0. The van der Waals surface area contributed by atoms with Gasteiger partial charge in [-0.2, -0.15) is 0 Å². The molecule has 0 unspecified atom stereocenters. The summed E-state index contributed by atoms with van der Waals surface area (Å²) in [4.78, 5) is 115. The third kappa shape index (κ3) is 22.0. The minimum absolute atomic E-state index is 0.0179. The third-order valence-electron chi connectivity index (χ3n) is 25.7. The van der Waals surface area contributed by atoms with Gasteiger partial charge in [0.2, 0.25) is 11.8 Å². The fraction of sp³-hybridized carbons (Fsp3) is 0.279. The molecule has 0 spiro atoms. The predicted octanol–water partition coefficient (Wildman–Crippen LogP) is 23.6. The first-order chi connectivity index (χ1) is 69.5. The predicted molar refractivity (Wildman–Crippen MR) is 532 cm³/mol. The van der Waals surface area contributed by atoms with E-state index in [9.17, 15) is 50.7 Å². The Morgan fingerprint density at radius 2 is 0.514 bits per heavy atom. The largest absolute Gasteiger partial charge is 0.465 e. The van der Waals surface area contributed by atoms with Crippen molar-refractivity contribution in [3.05, 3.63) is 331 Å². The van der Waals surface area contributed by atoms with E-state index in [1.54, 1.807) is 55.4 Å². The molecule has 144 heavy (non-hydrogen) atoms. The van der Waals surface area contributed by atoms with Crippen LogP contribution in [0.3, 0.4) is 0 Å². The second-order valence-electron chi connectivity index (χ2n) is 36.3. The molecule has 6 aliphatic rings. The number of benzene rings is 4. The van der Waals surface area contributed by atoms with Gasteiger partial charge in [-0.1, -0.05) is 70.2 Å². The van der Waals surface area contributed by atoms with Crippen LogP contribution in [0.2, 0.25) is 0 Å². The summed E-state index contributed by atoms with van der Waals surface area (Å²) in [5.41, 5.74) is 18.9. The maximum absolute atomic E-state index is 13.7. The average molecular weight is 1950 g/mol. The average Bonchev–Trinajstić information content (AvgIpc) is 1.66. The van der Waals surface area contributed by atoms with Crippen LogP contribution in [0, 0.1) is 89.4 Å². The van der Waals surface area contributed by atoms with Crippen molar-refractivity contribution in [1.82, 2.24) is 49.8 Å². The van der Waals surface area contributed by atoms with Crippen LogP contribution < -0.4 is 31.9 Å². The molecule has 0 atom stereocenters. The molecule has 0 radical (unpaired) electrons. The number of anilines is 6. The topological polar surface area (TPSA) is 382 Å². The molecule has 22 rings (SSSR count). The first kappa shape index (κ1) is 99.2. The number of nitrogens with zero attached hydrogens (tertiary/aromatic N) is 10. The van der Waals surface area contributed by atoms with Gasteiger partial charge in [-0.25, -0.2) is 51.9 Å². The Labute approximate surface area is 826 Å². The van der Waals surface area contributed by atoms with Gasteiger partial charge in [0.05, 0.1) is 77.9 Å². The molecule has 28 nitrogen and oxygen atoms in total. The fourth-order valence-electron chi connectivity index (χ4n) is 18.8. The molecule has 12 heterocycles. The zero-order valence-corrected chi connectivity index (χ0v) is 81.3. The van der Waals surface area contributed by atoms with Crippen molar-refractivity contribution in [3.8, 4) is 67.3 Å². The van der Waals surface area contributed by atoms with Gasteiger partial charge in [0.25, 0.3) is 23.6 Å². The van der Waals surface area contributed by atoms with Crippen molar-refractivity contribution in [2.45, 2.75) is 192 Å². The van der Waals surface area contributed by atoms with Crippen molar-refractivity contribution in [2.24, 2.45) is 11.8 Å². The van der Waals surface area contributed by atoms with Gasteiger partial charge in [0.15, 0.2) is 23.3 Å². The SMILES string of the molecule is Cc1ccccc1C(=O)Nc1cnc(-c2c(C)oc3c2CCC3)cn1.Cc1oc2c(c1-c1ccc(NC(=O)C(C)C)nc1)CCC2.Cc1oc2c(c1-c1ccc(NC(=O)c3c(F)cccc3F)nc1)CCC2.Cc1oc2c(c1-c1cnc(NC(=O)C(C)C)cn1)CCC2.Cc1oc2c(c1-c1cnc(NC(=O)c3c(F)cccc3F)cn1)CCC2.Cc1oc2c(c1-c1cnc(NC(=O)c3ccccc3F)cn1)CCC2. The molecule has 12 aromatic heterocycles. The second kappa shape index (κ2) is 43.8. The molecule has 736 valence electrons. The summed E-state index contributed by atoms with van der Waals surface area (Å²) < 4.78 is 103. The van der Waals surface area contributed by atoms with Crippen LogP contribution in [0.5, 0.6) is 0 Å².